The number of ether oxygens (including phenoxy) is 4. The summed E-state index contributed by atoms with van der Waals surface area (Å²) < 4.78 is 77.6. The number of alkyl carbamates (subject to hydrolysis) is 2. The van der Waals surface area contributed by atoms with Gasteiger partial charge in [-0.05, 0) is 132 Å². The van der Waals surface area contributed by atoms with Crippen LogP contribution in [-0.4, -0.2) is 208 Å². The Labute approximate surface area is 797 Å². The number of rotatable bonds is 44. The first-order chi connectivity index (χ1) is 64.4. The van der Waals surface area contributed by atoms with Crippen LogP contribution in [0.15, 0.2) is 219 Å². The van der Waals surface area contributed by atoms with Crippen molar-refractivity contribution in [2.45, 2.75) is 209 Å². The second-order valence-corrected chi connectivity index (χ2v) is 41.2. The Morgan fingerprint density at radius 2 is 0.706 bits per heavy atom. The Kier molecular flexibility index (Phi) is 37.6. The van der Waals surface area contributed by atoms with Gasteiger partial charge in [0.15, 0.2) is 0 Å². The molecule has 8 N–H and O–H groups in total. The summed E-state index contributed by atoms with van der Waals surface area (Å²) in [4.78, 5) is 178. The van der Waals surface area contributed by atoms with Gasteiger partial charge in [0.1, 0.15) is 24.2 Å². The number of hydrogen-bond donors (Lipinski definition) is 8. The summed E-state index contributed by atoms with van der Waals surface area (Å²) in [6.07, 6.45) is -7.59. The minimum atomic E-state index is -5.65. The fourth-order valence-electron chi connectivity index (χ4n) is 17.2. The summed E-state index contributed by atoms with van der Waals surface area (Å²) >= 11 is 0. The summed E-state index contributed by atoms with van der Waals surface area (Å²) in [5, 5.41) is 18.1. The fraction of sp³-hybridized carbons (Fsp3) is 0.455. The third kappa shape index (κ3) is 31.0. The van der Waals surface area contributed by atoms with E-state index in [1.807, 2.05) is 109 Å². The lowest BCUT2D eigenvalue weighted by atomic mass is 9.82. The van der Waals surface area contributed by atoms with Crippen molar-refractivity contribution in [3.05, 3.63) is 252 Å². The lowest BCUT2D eigenvalue weighted by molar-refractivity contribution is -0.161. The standard InChI is InChI=1S/C101H132N12O21P2/c1-17-129-135(123,124)133-91(77(63-75(104-87(114)83(98(3,4)5)108-93(118)127-15)59-69-45-49-73(50-46-69)79-43-31-33-53-102-79)81(61-67-35-23-19-24-36-67)106-89(116)85(100(9,10)11)112-57-55-110(95(112)120)65-71-39-27-21-28-40-71)131-97(122)132-92(134-136(125,126)130-18-2)78(64-76(105-88(115)84(99(6,7)8)109-94(119)128-16)60-70-47-51-74(52-48-70)80-44-32-34-54-103-80)82(62-68-37-25-20-26-38-68)107-90(117)86(101(12,13)14)113-58-56-111(96(113)121)66-72-41-29-22-30-42-72/h19-54,75-78,81-86,91-92H,17-18,55-66H2,1-16H3,(H,104,114)(H,105,115)(H,106,116)(H,107,117)(H,108,118)(H,109,119)(H,123,124)(H,125,126)/t75-,76-,77+,78+,81+,82+,83-,84-,85-,86-,91?,92?/m1/s1. The van der Waals surface area contributed by atoms with E-state index in [1.54, 1.807) is 202 Å². The fourth-order valence-corrected chi connectivity index (χ4v) is 18.9. The number of aromatic nitrogens is 2. The van der Waals surface area contributed by atoms with Crippen LogP contribution in [0.4, 0.5) is 24.0 Å². The van der Waals surface area contributed by atoms with Gasteiger partial charge in [0.05, 0.1) is 38.8 Å². The van der Waals surface area contributed by atoms with E-state index in [-0.39, 0.29) is 65.0 Å². The quantitative estimate of drug-likeness (QED) is 0.00761. The lowest BCUT2D eigenvalue weighted by Gasteiger charge is -2.41. The average Bonchev–Trinajstić information content (AvgIpc) is 1.63. The number of nitrogens with one attached hydrogen (secondary N) is 6. The Morgan fingerprint density at radius 1 is 0.390 bits per heavy atom. The van der Waals surface area contributed by atoms with Crippen LogP contribution in [-0.2, 0) is 104 Å². The van der Waals surface area contributed by atoms with Gasteiger partial charge in [0, 0.05) is 98.8 Å². The van der Waals surface area contributed by atoms with Gasteiger partial charge in [0.2, 0.25) is 36.2 Å². The van der Waals surface area contributed by atoms with Crippen LogP contribution < -0.4 is 31.9 Å². The highest BCUT2D eigenvalue weighted by molar-refractivity contribution is 7.47. The zero-order valence-electron chi connectivity index (χ0n) is 80.3. The third-order valence-electron chi connectivity index (χ3n) is 23.7. The molecule has 0 spiro atoms. The molecule has 8 aromatic rings. The smallest absolute Gasteiger partial charge is 0.453 e. The SMILES string of the molecule is CCOP(=O)(O)OC(OC(=O)OC(OP(=O)(O)OCC)[C@@H](C[C@@H](Cc1ccc(-c2ccccn2)cc1)NC(=O)[C@@H](NC(=O)OC)C(C)(C)C)[C@H](Cc1ccccc1)NC(=O)[C@@H](N1CCN(Cc2ccccc2)C1=O)C(C)(C)C)[C@@H](C[C@@H](Cc1ccc(-c2ccccn2)cc1)NC(=O)[C@@H](NC(=O)OC)C(C)(C)C)[C@H](Cc1ccccc1)NC(=O)[C@@H](N1CCN(Cc2ccccc2)C1=O)C(C)(C)C. The van der Waals surface area contributed by atoms with E-state index >= 15 is 42.7 Å². The van der Waals surface area contributed by atoms with Crippen molar-refractivity contribution in [1.82, 2.24) is 61.5 Å². The molecule has 10 amide bonds. The van der Waals surface area contributed by atoms with Crippen molar-refractivity contribution >= 4 is 69.7 Å². The molecule has 0 radical (unpaired) electrons. The molecular formula is C101H132N12O21P2. The molecule has 4 unspecified atom stereocenters. The third-order valence-corrected chi connectivity index (χ3v) is 25.8. The van der Waals surface area contributed by atoms with Crippen LogP contribution in [0, 0.1) is 33.5 Å². The van der Waals surface area contributed by atoms with E-state index in [4.69, 9.17) is 37.0 Å². The number of phosphoric acid groups is 2. The van der Waals surface area contributed by atoms with Gasteiger partial charge in [-0.15, -0.1) is 0 Å². The maximum Gasteiger partial charge on any atom is 0.512 e. The summed E-state index contributed by atoms with van der Waals surface area (Å²) in [5.41, 5.74) is 2.12. The Balaban J connectivity index is 1.21. The van der Waals surface area contributed by atoms with Gasteiger partial charge in [-0.3, -0.25) is 38.2 Å². The van der Waals surface area contributed by atoms with Crippen molar-refractivity contribution in [3.8, 4) is 22.5 Å². The van der Waals surface area contributed by atoms with Crippen LogP contribution in [0.25, 0.3) is 22.5 Å². The molecule has 33 nitrogen and oxygen atoms in total. The molecule has 4 heterocycles. The molecule has 2 aliphatic rings. The molecule has 2 fully saturated rings. The molecule has 6 aromatic carbocycles. The van der Waals surface area contributed by atoms with Gasteiger partial charge < -0.3 is 80.2 Å². The molecule has 136 heavy (non-hydrogen) atoms. The van der Waals surface area contributed by atoms with Crippen LogP contribution in [0.5, 0.6) is 0 Å². The van der Waals surface area contributed by atoms with Crippen LogP contribution >= 0.6 is 15.6 Å². The van der Waals surface area contributed by atoms with Gasteiger partial charge >= 0.3 is 46.0 Å². The van der Waals surface area contributed by atoms with E-state index in [9.17, 15) is 19.4 Å². The maximum atomic E-state index is 16.7. The Morgan fingerprint density at radius 3 is 1.00 bits per heavy atom. The average molecular weight is 1910 g/mol. The second kappa shape index (κ2) is 48.2. The van der Waals surface area contributed by atoms with E-state index in [0.29, 0.717) is 44.8 Å². The lowest BCUT2D eigenvalue weighted by Crippen LogP contribution is -2.60. The highest BCUT2D eigenvalue weighted by atomic mass is 31.2. The monoisotopic (exact) mass is 1910 g/mol. The number of benzene rings is 6. The van der Waals surface area contributed by atoms with Crippen molar-refractivity contribution < 1.29 is 99.1 Å². The summed E-state index contributed by atoms with van der Waals surface area (Å²) in [5.74, 6) is -6.65. The van der Waals surface area contributed by atoms with Crippen LogP contribution in [0.3, 0.4) is 0 Å². The molecule has 0 bridgehead atoms. The maximum absolute atomic E-state index is 16.7. The predicted molar refractivity (Wildman–Crippen MR) is 513 cm³/mol. The number of amides is 10. The number of carbonyl (C=O) groups excluding carboxylic acids is 9. The minimum absolute atomic E-state index is 0.0721. The number of methoxy groups -OCH3 is 2. The van der Waals surface area contributed by atoms with Crippen molar-refractivity contribution in [2.75, 3.05) is 53.6 Å². The van der Waals surface area contributed by atoms with E-state index in [2.05, 4.69) is 41.9 Å². The molecule has 2 aromatic heterocycles. The molecule has 732 valence electrons. The normalized spacial score (nSPS) is 16.8. The van der Waals surface area contributed by atoms with Crippen molar-refractivity contribution in [1.29, 1.82) is 0 Å². The topological polar surface area (TPSA) is 413 Å². The first-order valence-electron chi connectivity index (χ1n) is 45.8. The molecule has 2 aliphatic heterocycles. The molecule has 14 atom stereocenters. The van der Waals surface area contributed by atoms with Gasteiger partial charge in [-0.2, -0.15) is 0 Å². The van der Waals surface area contributed by atoms with Gasteiger partial charge in [-0.1, -0.05) is 265 Å². The van der Waals surface area contributed by atoms with Crippen LogP contribution in [0.2, 0.25) is 0 Å². The molecule has 10 rings (SSSR count). The Bertz CT molecular complexity index is 5020. The highest BCUT2D eigenvalue weighted by Gasteiger charge is 2.51. The molecule has 0 saturated carbocycles. The Hall–Kier alpha value is -11.9. The van der Waals surface area contributed by atoms with Crippen molar-refractivity contribution in [2.24, 2.45) is 33.5 Å². The first kappa shape index (κ1) is 106. The van der Waals surface area contributed by atoms with E-state index in [0.717, 1.165) is 25.3 Å². The summed E-state index contributed by atoms with van der Waals surface area (Å²) in [6, 6.07) is 49.2. The van der Waals surface area contributed by atoms with Gasteiger partial charge in [0.25, 0.3) is 0 Å². The number of phosphoric ester groups is 2. The van der Waals surface area contributed by atoms with Gasteiger partial charge in [-0.25, -0.2) is 42.2 Å². The number of hydrogen-bond acceptors (Lipinski definition) is 21. The number of nitrogens with zero attached hydrogens (tertiary/aromatic N) is 6. The number of carbonyl (C=O) groups is 9. The number of urea groups is 2. The zero-order chi connectivity index (χ0) is 98.9. The molecule has 0 aliphatic carbocycles. The highest BCUT2D eigenvalue weighted by Crippen LogP contribution is 2.50. The number of pyridine rings is 2. The molecule has 2 saturated heterocycles. The first-order valence-corrected chi connectivity index (χ1v) is 48.8. The van der Waals surface area contributed by atoms with E-state index < -0.39 is 190 Å². The molecular weight excluding hydrogens is 1780 g/mol. The minimum Gasteiger partial charge on any atom is -0.453 e. The zero-order valence-corrected chi connectivity index (χ0v) is 82.1. The summed E-state index contributed by atoms with van der Waals surface area (Å²) in [7, 11) is -9.03. The van der Waals surface area contributed by atoms with E-state index in [1.165, 1.54) is 23.6 Å². The van der Waals surface area contributed by atoms with Crippen LogP contribution in [0.1, 0.15) is 143 Å². The summed E-state index contributed by atoms with van der Waals surface area (Å²) in [6.45, 7) is 23.6. The van der Waals surface area contributed by atoms with Crippen molar-refractivity contribution in [3.63, 3.8) is 0 Å². The predicted octanol–water partition coefficient (Wildman–Crippen LogP) is 15.4. The largest absolute Gasteiger partial charge is 0.512 e. The second-order valence-electron chi connectivity index (χ2n) is 38.4. The molecule has 35 heteroatoms.